The van der Waals surface area contributed by atoms with Crippen LogP contribution < -0.4 is 10.6 Å². The molecule has 2 amide bonds. The minimum Gasteiger partial charge on any atom is -0.467 e. The molecular weight excluding hydrogens is 340 g/mol. The molecule has 0 aliphatic carbocycles. The number of rotatable bonds is 7. The second-order valence-corrected chi connectivity index (χ2v) is 6.34. The predicted octanol–water partition coefficient (Wildman–Crippen LogP) is 3.38. The molecule has 1 aromatic heterocycles. The van der Waals surface area contributed by atoms with Crippen molar-refractivity contribution in [1.82, 2.24) is 10.6 Å². The maximum Gasteiger partial charge on any atom is 0.251 e. The summed E-state index contributed by atoms with van der Waals surface area (Å²) < 4.78 is 5.20. The molecule has 0 bridgehead atoms. The van der Waals surface area contributed by atoms with Gasteiger partial charge in [-0.3, -0.25) is 9.59 Å². The molecule has 2 N–H and O–H groups in total. The van der Waals surface area contributed by atoms with Gasteiger partial charge in [-0.1, -0.05) is 36.4 Å². The van der Waals surface area contributed by atoms with Gasteiger partial charge in [0.2, 0.25) is 5.91 Å². The summed E-state index contributed by atoms with van der Waals surface area (Å²) >= 11 is 0. The average molecular weight is 362 g/mol. The highest BCUT2D eigenvalue weighted by Gasteiger charge is 2.09. The SMILES string of the molecule is Cc1ccccc1CC(=O)NCc1cccc(C(=O)NCc2ccco2)c1. The second-order valence-electron chi connectivity index (χ2n) is 6.34. The van der Waals surface area contributed by atoms with Crippen LogP contribution in [0.4, 0.5) is 0 Å². The summed E-state index contributed by atoms with van der Waals surface area (Å²) in [5.41, 5.74) is 3.54. The van der Waals surface area contributed by atoms with E-state index in [1.54, 1.807) is 30.5 Å². The summed E-state index contributed by atoms with van der Waals surface area (Å²) in [5.74, 6) is 0.472. The van der Waals surface area contributed by atoms with Crippen molar-refractivity contribution in [1.29, 1.82) is 0 Å². The number of benzene rings is 2. The monoisotopic (exact) mass is 362 g/mol. The van der Waals surface area contributed by atoms with Crippen LogP contribution in [0.25, 0.3) is 0 Å². The Hall–Kier alpha value is -3.34. The van der Waals surface area contributed by atoms with Crippen molar-refractivity contribution < 1.29 is 14.0 Å². The van der Waals surface area contributed by atoms with Crippen LogP contribution in [-0.4, -0.2) is 11.8 Å². The molecule has 3 rings (SSSR count). The van der Waals surface area contributed by atoms with Gasteiger partial charge in [-0.2, -0.15) is 0 Å². The van der Waals surface area contributed by atoms with Gasteiger partial charge in [0.1, 0.15) is 5.76 Å². The Morgan fingerprint density at radius 2 is 1.78 bits per heavy atom. The van der Waals surface area contributed by atoms with Gasteiger partial charge in [0.25, 0.3) is 5.91 Å². The molecule has 138 valence electrons. The van der Waals surface area contributed by atoms with Crippen molar-refractivity contribution in [3.8, 4) is 0 Å². The van der Waals surface area contributed by atoms with Crippen molar-refractivity contribution in [2.24, 2.45) is 0 Å². The smallest absolute Gasteiger partial charge is 0.251 e. The summed E-state index contributed by atoms with van der Waals surface area (Å²) in [6.45, 7) is 2.71. The van der Waals surface area contributed by atoms with Crippen molar-refractivity contribution in [3.05, 3.63) is 94.9 Å². The topological polar surface area (TPSA) is 71.3 Å². The van der Waals surface area contributed by atoms with E-state index in [1.807, 2.05) is 43.3 Å². The molecule has 0 fully saturated rings. The van der Waals surface area contributed by atoms with E-state index in [9.17, 15) is 9.59 Å². The number of carbonyl (C=O) groups is 2. The van der Waals surface area contributed by atoms with Gasteiger partial charge < -0.3 is 15.1 Å². The van der Waals surface area contributed by atoms with Gasteiger partial charge >= 0.3 is 0 Å². The highest BCUT2D eigenvalue weighted by atomic mass is 16.3. The van der Waals surface area contributed by atoms with Gasteiger partial charge in [0.05, 0.1) is 19.2 Å². The Morgan fingerprint density at radius 1 is 0.926 bits per heavy atom. The van der Waals surface area contributed by atoms with Crippen LogP contribution >= 0.6 is 0 Å². The first-order chi connectivity index (χ1) is 13.1. The molecule has 3 aromatic rings. The number of amides is 2. The van der Waals surface area contributed by atoms with Gasteiger partial charge in [-0.15, -0.1) is 0 Å². The lowest BCUT2D eigenvalue weighted by atomic mass is 10.1. The summed E-state index contributed by atoms with van der Waals surface area (Å²) in [6.07, 6.45) is 1.91. The third-order valence-electron chi connectivity index (χ3n) is 4.29. The summed E-state index contributed by atoms with van der Waals surface area (Å²) in [7, 11) is 0. The normalized spacial score (nSPS) is 10.4. The molecule has 0 unspecified atom stereocenters. The quantitative estimate of drug-likeness (QED) is 0.677. The van der Waals surface area contributed by atoms with E-state index in [-0.39, 0.29) is 11.8 Å². The summed E-state index contributed by atoms with van der Waals surface area (Å²) in [5, 5.41) is 5.72. The molecule has 5 heteroatoms. The van der Waals surface area contributed by atoms with Gasteiger partial charge in [0.15, 0.2) is 0 Å². The fourth-order valence-corrected chi connectivity index (χ4v) is 2.75. The highest BCUT2D eigenvalue weighted by molar-refractivity contribution is 5.94. The molecule has 0 aliphatic rings. The minimum atomic E-state index is -0.181. The Kier molecular flexibility index (Phi) is 6.05. The van der Waals surface area contributed by atoms with Crippen molar-refractivity contribution >= 4 is 11.8 Å². The van der Waals surface area contributed by atoms with E-state index < -0.39 is 0 Å². The zero-order valence-corrected chi connectivity index (χ0v) is 15.2. The van der Waals surface area contributed by atoms with E-state index in [1.165, 1.54) is 0 Å². The van der Waals surface area contributed by atoms with E-state index >= 15 is 0 Å². The van der Waals surface area contributed by atoms with Crippen LogP contribution in [0.3, 0.4) is 0 Å². The lowest BCUT2D eigenvalue weighted by Crippen LogP contribution is -2.25. The lowest BCUT2D eigenvalue weighted by molar-refractivity contribution is -0.120. The fourth-order valence-electron chi connectivity index (χ4n) is 2.75. The fraction of sp³-hybridized carbons (Fsp3) is 0.182. The van der Waals surface area contributed by atoms with Crippen LogP contribution in [0, 0.1) is 6.92 Å². The van der Waals surface area contributed by atoms with Crippen LogP contribution in [0.2, 0.25) is 0 Å². The zero-order valence-electron chi connectivity index (χ0n) is 15.2. The van der Waals surface area contributed by atoms with Crippen LogP contribution in [-0.2, 0) is 24.3 Å². The van der Waals surface area contributed by atoms with E-state index in [0.29, 0.717) is 30.8 Å². The van der Waals surface area contributed by atoms with E-state index in [4.69, 9.17) is 4.42 Å². The first kappa shape index (κ1) is 18.5. The Bertz CT molecular complexity index is 917. The lowest BCUT2D eigenvalue weighted by Gasteiger charge is -2.09. The second kappa shape index (κ2) is 8.85. The largest absolute Gasteiger partial charge is 0.467 e. The number of furan rings is 1. The number of carbonyl (C=O) groups excluding carboxylic acids is 2. The summed E-state index contributed by atoms with van der Waals surface area (Å²) in [4.78, 5) is 24.5. The van der Waals surface area contributed by atoms with E-state index in [0.717, 1.165) is 16.7 Å². The minimum absolute atomic E-state index is 0.0445. The maximum absolute atomic E-state index is 12.3. The Labute approximate surface area is 158 Å². The molecule has 0 spiro atoms. The first-order valence-corrected chi connectivity index (χ1v) is 8.82. The molecule has 0 radical (unpaired) electrons. The molecule has 5 nitrogen and oxygen atoms in total. The number of nitrogens with one attached hydrogen (secondary N) is 2. The molecule has 1 heterocycles. The van der Waals surface area contributed by atoms with Gasteiger partial charge in [-0.05, 0) is 47.9 Å². The van der Waals surface area contributed by atoms with Crippen LogP contribution in [0.1, 0.15) is 32.8 Å². The first-order valence-electron chi connectivity index (χ1n) is 8.82. The Balaban J connectivity index is 1.53. The highest BCUT2D eigenvalue weighted by Crippen LogP contribution is 2.09. The zero-order chi connectivity index (χ0) is 19.1. The van der Waals surface area contributed by atoms with Crippen LogP contribution in [0.5, 0.6) is 0 Å². The standard InChI is InChI=1S/C22H22N2O3/c1-16-6-2-3-8-18(16)13-21(25)23-14-17-7-4-9-19(12-17)22(26)24-15-20-10-5-11-27-20/h2-12H,13-15H2,1H3,(H,23,25)(H,24,26). The molecule has 0 aliphatic heterocycles. The number of aryl methyl sites for hydroxylation is 1. The van der Waals surface area contributed by atoms with Crippen LogP contribution in [0.15, 0.2) is 71.3 Å². The third-order valence-corrected chi connectivity index (χ3v) is 4.29. The predicted molar refractivity (Wildman–Crippen MR) is 103 cm³/mol. The van der Waals surface area contributed by atoms with E-state index in [2.05, 4.69) is 10.6 Å². The van der Waals surface area contributed by atoms with Crippen molar-refractivity contribution in [2.75, 3.05) is 0 Å². The Morgan fingerprint density at radius 3 is 2.56 bits per heavy atom. The molecule has 2 aromatic carbocycles. The van der Waals surface area contributed by atoms with Crippen molar-refractivity contribution in [2.45, 2.75) is 26.4 Å². The van der Waals surface area contributed by atoms with Gasteiger partial charge in [-0.25, -0.2) is 0 Å². The molecule has 27 heavy (non-hydrogen) atoms. The van der Waals surface area contributed by atoms with Crippen molar-refractivity contribution in [3.63, 3.8) is 0 Å². The molecule has 0 atom stereocenters. The van der Waals surface area contributed by atoms with Gasteiger partial charge in [0, 0.05) is 12.1 Å². The molecule has 0 saturated heterocycles. The number of hydrogen-bond donors (Lipinski definition) is 2. The number of hydrogen-bond acceptors (Lipinski definition) is 3. The maximum atomic E-state index is 12.3. The molecular formula is C22H22N2O3. The average Bonchev–Trinajstić information content (AvgIpc) is 3.20. The summed E-state index contributed by atoms with van der Waals surface area (Å²) in [6, 6.07) is 18.7. The third kappa shape index (κ3) is 5.31. The molecule has 0 saturated carbocycles.